The number of Topliss-reactive ketones (excluding diaryl/α,β-unsaturated/α-hetero) is 1. The van der Waals surface area contributed by atoms with Crippen molar-refractivity contribution in [3.8, 4) is 0 Å². The zero-order chi connectivity index (χ0) is 12.6. The maximum Gasteiger partial charge on any atom is 0.224 e. The molecular weight excluding hydrogens is 231 g/mol. The molecule has 2 rings (SSSR count). The quantitative estimate of drug-likeness (QED) is 0.521. The van der Waals surface area contributed by atoms with E-state index >= 15 is 0 Å². The van der Waals surface area contributed by atoms with Crippen LogP contribution in [0, 0.1) is 5.92 Å². The Kier molecular flexibility index (Phi) is 3.09. The highest BCUT2D eigenvalue weighted by molar-refractivity contribution is 5.86. The molecule has 0 aromatic heterocycles. The van der Waals surface area contributed by atoms with Crippen LogP contribution in [0.5, 0.6) is 0 Å². The summed E-state index contributed by atoms with van der Waals surface area (Å²) in [4.78, 5) is 12.7. The number of carbonyl (C=O) groups excluding carboxylic acids is 1. The molecular formula is C12H12F3NO. The fraction of sp³-hybridized carbons (Fsp3) is 0.417. The van der Waals surface area contributed by atoms with Gasteiger partial charge in [0.25, 0.3) is 0 Å². The Balaban J connectivity index is 2.51. The highest BCUT2D eigenvalue weighted by Crippen LogP contribution is 2.36. The summed E-state index contributed by atoms with van der Waals surface area (Å²) in [5.41, 5.74) is -0.101. The van der Waals surface area contributed by atoms with Gasteiger partial charge in [-0.3, -0.25) is 4.79 Å². The third-order valence-corrected chi connectivity index (χ3v) is 3.02. The van der Waals surface area contributed by atoms with Crippen LogP contribution in [-0.4, -0.2) is 23.5 Å². The molecule has 2 aliphatic heterocycles. The minimum absolute atomic E-state index is 0.101. The molecule has 2 atom stereocenters. The van der Waals surface area contributed by atoms with Crippen molar-refractivity contribution >= 4 is 5.78 Å². The minimum Gasteiger partial charge on any atom is -0.336 e. The van der Waals surface area contributed by atoms with Gasteiger partial charge in [-0.05, 0) is 6.42 Å². The summed E-state index contributed by atoms with van der Waals surface area (Å²) in [5.74, 6) is -3.16. The van der Waals surface area contributed by atoms with Crippen molar-refractivity contribution in [1.29, 1.82) is 0 Å². The molecule has 0 radical (unpaired) electrons. The summed E-state index contributed by atoms with van der Waals surface area (Å²) in [6.07, 6.45) is 0.384. The highest BCUT2D eigenvalue weighted by atomic mass is 19.2. The first-order valence-corrected chi connectivity index (χ1v) is 5.39. The molecule has 1 fully saturated rings. The standard InChI is InChI=1S/C12H12F3NO/c1-2-7-10(17)4-3-5-16-11(7)8(13)6-9(14)12(16)15/h2,6-7,12H,1,3-5H2. The maximum atomic E-state index is 13.7. The number of rotatable bonds is 1. The summed E-state index contributed by atoms with van der Waals surface area (Å²) in [5, 5.41) is 0. The van der Waals surface area contributed by atoms with Crippen molar-refractivity contribution in [3.63, 3.8) is 0 Å². The number of hydrogen-bond acceptors (Lipinski definition) is 2. The van der Waals surface area contributed by atoms with Crippen LogP contribution >= 0.6 is 0 Å². The smallest absolute Gasteiger partial charge is 0.224 e. The first-order valence-electron chi connectivity index (χ1n) is 5.39. The third-order valence-electron chi connectivity index (χ3n) is 3.02. The van der Waals surface area contributed by atoms with Crippen molar-refractivity contribution in [1.82, 2.24) is 4.90 Å². The second-order valence-corrected chi connectivity index (χ2v) is 4.07. The fourth-order valence-corrected chi connectivity index (χ4v) is 2.21. The van der Waals surface area contributed by atoms with Crippen molar-refractivity contribution in [3.05, 3.63) is 36.1 Å². The molecule has 0 saturated carbocycles. The van der Waals surface area contributed by atoms with Crippen LogP contribution in [-0.2, 0) is 4.79 Å². The summed E-state index contributed by atoms with van der Waals surface area (Å²) in [6.45, 7) is 3.59. The van der Waals surface area contributed by atoms with Crippen LogP contribution in [0.25, 0.3) is 0 Å². The van der Waals surface area contributed by atoms with Gasteiger partial charge in [0.2, 0.25) is 6.30 Å². The van der Waals surface area contributed by atoms with Crippen LogP contribution in [0.4, 0.5) is 13.2 Å². The fourth-order valence-electron chi connectivity index (χ4n) is 2.21. The molecule has 2 aliphatic rings. The van der Waals surface area contributed by atoms with E-state index in [1.165, 1.54) is 6.08 Å². The van der Waals surface area contributed by atoms with Crippen molar-refractivity contribution in [2.45, 2.75) is 19.1 Å². The number of halogens is 3. The number of nitrogens with zero attached hydrogens (tertiary/aromatic N) is 1. The zero-order valence-corrected chi connectivity index (χ0v) is 9.13. The van der Waals surface area contributed by atoms with Crippen LogP contribution in [0.15, 0.2) is 36.1 Å². The van der Waals surface area contributed by atoms with Crippen molar-refractivity contribution < 1.29 is 18.0 Å². The first-order chi connectivity index (χ1) is 8.06. The normalized spacial score (nSPS) is 29.7. The summed E-state index contributed by atoms with van der Waals surface area (Å²) >= 11 is 0. The molecule has 0 aliphatic carbocycles. The van der Waals surface area contributed by atoms with Gasteiger partial charge in [0.15, 0.2) is 5.83 Å². The lowest BCUT2D eigenvalue weighted by Crippen LogP contribution is -2.37. The van der Waals surface area contributed by atoms with E-state index in [9.17, 15) is 18.0 Å². The molecule has 2 heterocycles. The van der Waals surface area contributed by atoms with Crippen molar-refractivity contribution in [2.75, 3.05) is 6.54 Å². The number of hydrogen-bond donors (Lipinski definition) is 0. The molecule has 5 heteroatoms. The van der Waals surface area contributed by atoms with Gasteiger partial charge in [0.05, 0.1) is 11.6 Å². The molecule has 0 aromatic rings. The SMILES string of the molecule is C=CC1C(=O)CCCN2C1=C(F)C=C(F)C2F. The molecule has 0 amide bonds. The highest BCUT2D eigenvalue weighted by Gasteiger charge is 2.38. The second-order valence-electron chi connectivity index (χ2n) is 4.07. The molecule has 2 nitrogen and oxygen atoms in total. The molecule has 0 N–H and O–H groups in total. The molecule has 0 bridgehead atoms. The Bertz CT molecular complexity index is 427. The predicted molar refractivity (Wildman–Crippen MR) is 56.9 cm³/mol. The largest absolute Gasteiger partial charge is 0.336 e. The Morgan fingerprint density at radius 1 is 1.47 bits per heavy atom. The van der Waals surface area contributed by atoms with E-state index in [0.29, 0.717) is 12.5 Å². The van der Waals surface area contributed by atoms with Gasteiger partial charge >= 0.3 is 0 Å². The van der Waals surface area contributed by atoms with Crippen LogP contribution < -0.4 is 0 Å². The Morgan fingerprint density at radius 2 is 2.18 bits per heavy atom. The van der Waals surface area contributed by atoms with Gasteiger partial charge < -0.3 is 4.90 Å². The molecule has 0 spiro atoms. The molecule has 0 aromatic carbocycles. The molecule has 17 heavy (non-hydrogen) atoms. The number of fused-ring (bicyclic) bond motifs is 1. The second kappa shape index (κ2) is 4.39. The zero-order valence-electron chi connectivity index (χ0n) is 9.13. The Morgan fingerprint density at radius 3 is 2.82 bits per heavy atom. The topological polar surface area (TPSA) is 20.3 Å². The molecule has 92 valence electrons. The van der Waals surface area contributed by atoms with Crippen LogP contribution in [0.3, 0.4) is 0 Å². The summed E-state index contributed by atoms with van der Waals surface area (Å²) in [6, 6.07) is 0. The van der Waals surface area contributed by atoms with Gasteiger partial charge in [-0.2, -0.15) is 0 Å². The van der Waals surface area contributed by atoms with E-state index < -0.39 is 23.9 Å². The van der Waals surface area contributed by atoms with E-state index in [1.54, 1.807) is 0 Å². The van der Waals surface area contributed by atoms with E-state index in [4.69, 9.17) is 0 Å². The first kappa shape index (κ1) is 12.0. The number of ketones is 1. The summed E-state index contributed by atoms with van der Waals surface area (Å²) < 4.78 is 40.4. The monoisotopic (exact) mass is 243 g/mol. The minimum atomic E-state index is -2.00. The lowest BCUT2D eigenvalue weighted by atomic mass is 9.96. The Hall–Kier alpha value is -1.52. The van der Waals surface area contributed by atoms with Crippen molar-refractivity contribution in [2.24, 2.45) is 5.92 Å². The van der Waals surface area contributed by atoms with Gasteiger partial charge in [0, 0.05) is 19.0 Å². The molecule has 1 saturated heterocycles. The van der Waals surface area contributed by atoms with Crippen LogP contribution in [0.1, 0.15) is 12.8 Å². The average Bonchev–Trinajstić information content (AvgIpc) is 2.45. The van der Waals surface area contributed by atoms with Crippen LogP contribution in [0.2, 0.25) is 0 Å². The number of allylic oxidation sites excluding steroid dienone is 3. The van der Waals surface area contributed by atoms with Gasteiger partial charge in [-0.15, -0.1) is 6.58 Å². The number of carbonyl (C=O) groups is 1. The van der Waals surface area contributed by atoms with Gasteiger partial charge in [-0.1, -0.05) is 6.08 Å². The predicted octanol–water partition coefficient (Wildman–Crippen LogP) is 2.80. The van der Waals surface area contributed by atoms with E-state index in [1.807, 2.05) is 0 Å². The lowest BCUT2D eigenvalue weighted by Gasteiger charge is -2.33. The molecule has 2 unspecified atom stereocenters. The van der Waals surface area contributed by atoms with Gasteiger partial charge in [0.1, 0.15) is 11.6 Å². The lowest BCUT2D eigenvalue weighted by molar-refractivity contribution is -0.120. The third kappa shape index (κ3) is 1.90. The maximum absolute atomic E-state index is 13.7. The summed E-state index contributed by atoms with van der Waals surface area (Å²) in [7, 11) is 0. The van der Waals surface area contributed by atoms with E-state index in [2.05, 4.69) is 6.58 Å². The van der Waals surface area contributed by atoms with E-state index in [-0.39, 0.29) is 24.4 Å². The van der Waals surface area contributed by atoms with E-state index in [0.717, 1.165) is 4.90 Å². The average molecular weight is 243 g/mol. The Labute approximate surface area is 97.1 Å². The van der Waals surface area contributed by atoms with Gasteiger partial charge in [-0.25, -0.2) is 13.2 Å². The number of alkyl halides is 1.